The van der Waals surface area contributed by atoms with E-state index in [-0.39, 0.29) is 0 Å². The van der Waals surface area contributed by atoms with Crippen molar-refractivity contribution in [3.63, 3.8) is 0 Å². The van der Waals surface area contributed by atoms with Crippen LogP contribution in [-0.4, -0.2) is 9.97 Å². The van der Waals surface area contributed by atoms with Gasteiger partial charge in [-0.1, -0.05) is 12.1 Å². The Kier molecular flexibility index (Phi) is 2.40. The number of rotatable bonds is 1. The quantitative estimate of drug-likeness (QED) is 0.726. The number of nitrogens with one attached hydrogen (secondary N) is 2. The molecule has 0 fully saturated rings. The molecule has 0 spiro atoms. The molecule has 5 heteroatoms. The lowest BCUT2D eigenvalue weighted by atomic mass is 10.1. The van der Waals surface area contributed by atoms with Gasteiger partial charge in [0.15, 0.2) is 0 Å². The fourth-order valence-corrected chi connectivity index (χ4v) is 1.35. The van der Waals surface area contributed by atoms with E-state index in [0.29, 0.717) is 16.7 Å². The van der Waals surface area contributed by atoms with Gasteiger partial charge in [0.05, 0.1) is 17.2 Å². The maximum atomic E-state index is 11.5. The number of benzene rings is 1. The Hall–Kier alpha value is -2.61. The number of nitriles is 1. The molecule has 0 bridgehead atoms. The monoisotopic (exact) mass is 213 g/mol. The van der Waals surface area contributed by atoms with Gasteiger partial charge >= 0.3 is 5.69 Å². The summed E-state index contributed by atoms with van der Waals surface area (Å²) in [7, 11) is 0. The third-order valence-electron chi connectivity index (χ3n) is 2.14. The normalized spacial score (nSPS) is 9.69. The third-order valence-corrected chi connectivity index (χ3v) is 2.14. The van der Waals surface area contributed by atoms with Crippen LogP contribution in [0.2, 0.25) is 0 Å². The van der Waals surface area contributed by atoms with Crippen molar-refractivity contribution in [1.29, 1.82) is 5.26 Å². The van der Waals surface area contributed by atoms with E-state index in [2.05, 4.69) is 9.97 Å². The van der Waals surface area contributed by atoms with Crippen molar-refractivity contribution in [3.8, 4) is 17.2 Å². The molecule has 0 atom stereocenters. The summed E-state index contributed by atoms with van der Waals surface area (Å²) < 4.78 is 0. The maximum Gasteiger partial charge on any atom is 0.325 e. The molecule has 0 saturated heterocycles. The highest BCUT2D eigenvalue weighted by molar-refractivity contribution is 5.62. The zero-order valence-corrected chi connectivity index (χ0v) is 8.15. The topological polar surface area (TPSA) is 89.5 Å². The van der Waals surface area contributed by atoms with E-state index in [4.69, 9.17) is 5.26 Å². The number of H-pyrrole nitrogens is 2. The van der Waals surface area contributed by atoms with E-state index in [1.807, 2.05) is 6.07 Å². The number of hydrogen-bond donors (Lipinski definition) is 2. The zero-order chi connectivity index (χ0) is 11.5. The highest BCUT2D eigenvalue weighted by atomic mass is 16.2. The van der Waals surface area contributed by atoms with Crippen LogP contribution in [0, 0.1) is 11.3 Å². The average Bonchev–Trinajstić information content (AvgIpc) is 2.29. The van der Waals surface area contributed by atoms with Gasteiger partial charge in [0.2, 0.25) is 0 Å². The minimum Gasteiger partial charge on any atom is -0.313 e. The molecule has 78 valence electrons. The molecule has 1 heterocycles. The summed E-state index contributed by atoms with van der Waals surface area (Å²) in [5, 5.41) is 8.62. The first-order valence-electron chi connectivity index (χ1n) is 4.53. The lowest BCUT2D eigenvalue weighted by molar-refractivity contribution is 1.04. The first kappa shape index (κ1) is 9.93. The van der Waals surface area contributed by atoms with Gasteiger partial charge < -0.3 is 4.98 Å². The van der Waals surface area contributed by atoms with Crippen LogP contribution in [0.1, 0.15) is 5.56 Å². The molecule has 16 heavy (non-hydrogen) atoms. The molecule has 1 aromatic carbocycles. The molecule has 1 aromatic heterocycles. The van der Waals surface area contributed by atoms with Crippen molar-refractivity contribution in [2.75, 3.05) is 0 Å². The van der Waals surface area contributed by atoms with Crippen LogP contribution in [0.25, 0.3) is 11.1 Å². The molecule has 0 aliphatic heterocycles. The Bertz CT molecular complexity index is 659. The predicted octanol–water partition coefficient (Wildman–Crippen LogP) is 0.602. The van der Waals surface area contributed by atoms with Gasteiger partial charge in [-0.2, -0.15) is 5.26 Å². The third kappa shape index (κ3) is 1.77. The number of nitrogens with zero attached hydrogens (tertiary/aromatic N) is 1. The first-order valence-corrected chi connectivity index (χ1v) is 4.53. The Morgan fingerprint density at radius 1 is 1.12 bits per heavy atom. The van der Waals surface area contributed by atoms with Crippen LogP contribution >= 0.6 is 0 Å². The van der Waals surface area contributed by atoms with Gasteiger partial charge in [0.1, 0.15) is 0 Å². The van der Waals surface area contributed by atoms with Crippen molar-refractivity contribution < 1.29 is 0 Å². The molecule has 5 nitrogen and oxygen atoms in total. The Morgan fingerprint density at radius 3 is 2.38 bits per heavy atom. The Labute approximate surface area is 90.0 Å². The van der Waals surface area contributed by atoms with Crippen molar-refractivity contribution in [2.24, 2.45) is 0 Å². The molecule has 0 unspecified atom stereocenters. The summed E-state index contributed by atoms with van der Waals surface area (Å²) >= 11 is 0. The molecule has 0 amide bonds. The summed E-state index contributed by atoms with van der Waals surface area (Å²) in [6.07, 6.45) is 1.35. The van der Waals surface area contributed by atoms with E-state index in [9.17, 15) is 9.59 Å². The standard InChI is InChI=1S/C11H7N3O2/c12-5-7-1-3-8(4-2-7)9-6-13-11(16)14-10(9)15/h1-4,6H,(H2,13,14,15,16). The molecular formula is C11H7N3O2. The largest absolute Gasteiger partial charge is 0.325 e. The summed E-state index contributed by atoms with van der Waals surface area (Å²) in [5.41, 5.74) is 0.543. The van der Waals surface area contributed by atoms with Crippen molar-refractivity contribution in [2.45, 2.75) is 0 Å². The van der Waals surface area contributed by atoms with Crippen LogP contribution in [0.3, 0.4) is 0 Å². The molecule has 2 aromatic rings. The SMILES string of the molecule is N#Cc1ccc(-c2c[nH]c(=O)[nH]c2=O)cc1. The lowest BCUT2D eigenvalue weighted by Gasteiger charge is -1.98. The summed E-state index contributed by atoms with van der Waals surface area (Å²) in [5.74, 6) is 0. The van der Waals surface area contributed by atoms with Crippen molar-refractivity contribution in [3.05, 3.63) is 56.9 Å². The Balaban J connectivity index is 2.56. The van der Waals surface area contributed by atoms with E-state index in [1.54, 1.807) is 24.3 Å². The van der Waals surface area contributed by atoms with E-state index in [1.165, 1.54) is 6.20 Å². The number of aromatic amines is 2. The van der Waals surface area contributed by atoms with E-state index >= 15 is 0 Å². The van der Waals surface area contributed by atoms with Gasteiger partial charge in [0.25, 0.3) is 5.56 Å². The fraction of sp³-hybridized carbons (Fsp3) is 0. The van der Waals surface area contributed by atoms with Crippen LogP contribution in [0.15, 0.2) is 40.1 Å². The van der Waals surface area contributed by atoms with E-state index in [0.717, 1.165) is 0 Å². The van der Waals surface area contributed by atoms with Crippen molar-refractivity contribution >= 4 is 0 Å². The van der Waals surface area contributed by atoms with Gasteiger partial charge in [-0.3, -0.25) is 9.78 Å². The van der Waals surface area contributed by atoms with E-state index < -0.39 is 11.2 Å². The predicted molar refractivity (Wildman–Crippen MR) is 57.8 cm³/mol. The zero-order valence-electron chi connectivity index (χ0n) is 8.15. The maximum absolute atomic E-state index is 11.5. The van der Waals surface area contributed by atoms with Gasteiger partial charge in [-0.05, 0) is 17.7 Å². The Morgan fingerprint density at radius 2 is 1.81 bits per heavy atom. The highest BCUT2D eigenvalue weighted by Gasteiger charge is 2.03. The van der Waals surface area contributed by atoms with Crippen LogP contribution in [0.4, 0.5) is 0 Å². The highest BCUT2D eigenvalue weighted by Crippen LogP contribution is 2.13. The van der Waals surface area contributed by atoms with Crippen LogP contribution in [-0.2, 0) is 0 Å². The smallest absolute Gasteiger partial charge is 0.313 e. The average molecular weight is 213 g/mol. The second-order valence-corrected chi connectivity index (χ2v) is 3.17. The van der Waals surface area contributed by atoms with Crippen LogP contribution < -0.4 is 11.2 Å². The van der Waals surface area contributed by atoms with Gasteiger partial charge in [-0.25, -0.2) is 4.79 Å². The molecule has 0 aliphatic carbocycles. The number of hydrogen-bond acceptors (Lipinski definition) is 3. The summed E-state index contributed by atoms with van der Waals surface area (Å²) in [6, 6.07) is 8.52. The molecule has 2 N–H and O–H groups in total. The number of aromatic nitrogens is 2. The molecular weight excluding hydrogens is 206 g/mol. The molecule has 0 aliphatic rings. The van der Waals surface area contributed by atoms with Gasteiger partial charge in [-0.15, -0.1) is 0 Å². The second kappa shape index (κ2) is 3.87. The summed E-state index contributed by atoms with van der Waals surface area (Å²) in [6.45, 7) is 0. The fourth-order valence-electron chi connectivity index (χ4n) is 1.35. The van der Waals surface area contributed by atoms with Gasteiger partial charge in [0, 0.05) is 6.20 Å². The molecule has 0 radical (unpaired) electrons. The second-order valence-electron chi connectivity index (χ2n) is 3.17. The first-order chi connectivity index (χ1) is 7.70. The van der Waals surface area contributed by atoms with Crippen LogP contribution in [0.5, 0.6) is 0 Å². The van der Waals surface area contributed by atoms with Crippen molar-refractivity contribution in [1.82, 2.24) is 9.97 Å². The molecule has 2 rings (SSSR count). The minimum absolute atomic E-state index is 0.365. The molecule has 0 saturated carbocycles. The minimum atomic E-state index is -0.539. The lowest BCUT2D eigenvalue weighted by Crippen LogP contribution is -2.22. The summed E-state index contributed by atoms with van der Waals surface area (Å²) in [4.78, 5) is 26.8.